The normalized spacial score (nSPS) is 15.8. The lowest BCUT2D eigenvalue weighted by molar-refractivity contribution is 0.813. The van der Waals surface area contributed by atoms with Gasteiger partial charge in [0.1, 0.15) is 0 Å². The summed E-state index contributed by atoms with van der Waals surface area (Å²) in [6.07, 6.45) is 2.77. The van der Waals surface area contributed by atoms with E-state index in [1.54, 1.807) is 6.20 Å². The maximum atomic E-state index is 4.19. The van der Waals surface area contributed by atoms with Crippen LogP contribution in [0.15, 0.2) is 29.5 Å². The molecule has 0 amide bonds. The maximum Gasteiger partial charge on any atom is 0.0877 e. The molecule has 56 valence electrons. The lowest BCUT2D eigenvalue weighted by Crippen LogP contribution is -1.99. The number of hydrazone groups is 1. The van der Waals surface area contributed by atoms with Crippen molar-refractivity contribution in [3.05, 3.63) is 30.1 Å². The molecule has 1 N–H and O–H groups in total. The molecule has 0 aliphatic carbocycles. The first kappa shape index (κ1) is 6.34. The average molecular weight is 147 g/mol. The van der Waals surface area contributed by atoms with Crippen molar-refractivity contribution in [3.63, 3.8) is 0 Å². The van der Waals surface area contributed by atoms with Crippen molar-refractivity contribution >= 4 is 5.71 Å². The molecule has 1 aliphatic heterocycles. The molecular formula is C8H9N3. The zero-order valence-electron chi connectivity index (χ0n) is 6.12. The topological polar surface area (TPSA) is 37.3 Å². The van der Waals surface area contributed by atoms with E-state index >= 15 is 0 Å². The molecule has 0 unspecified atom stereocenters. The van der Waals surface area contributed by atoms with Gasteiger partial charge in [-0.15, -0.1) is 0 Å². The number of hydrogen-bond donors (Lipinski definition) is 1. The summed E-state index contributed by atoms with van der Waals surface area (Å²) in [5.41, 5.74) is 4.96. The largest absolute Gasteiger partial charge is 0.309 e. The number of rotatable bonds is 1. The summed E-state index contributed by atoms with van der Waals surface area (Å²) in [4.78, 5) is 4.19. The summed E-state index contributed by atoms with van der Waals surface area (Å²) in [6, 6.07) is 5.86. The van der Waals surface area contributed by atoms with E-state index in [1.165, 1.54) is 0 Å². The van der Waals surface area contributed by atoms with Crippen LogP contribution < -0.4 is 5.43 Å². The molecule has 0 atom stereocenters. The third-order valence-corrected chi connectivity index (χ3v) is 1.65. The molecule has 0 bridgehead atoms. The number of nitrogens with zero attached hydrogens (tertiary/aromatic N) is 2. The van der Waals surface area contributed by atoms with Crippen molar-refractivity contribution in [1.82, 2.24) is 10.4 Å². The van der Waals surface area contributed by atoms with E-state index in [0.717, 1.165) is 24.4 Å². The highest BCUT2D eigenvalue weighted by atomic mass is 15.3. The van der Waals surface area contributed by atoms with Gasteiger partial charge >= 0.3 is 0 Å². The first-order valence-corrected chi connectivity index (χ1v) is 3.67. The zero-order valence-corrected chi connectivity index (χ0v) is 6.12. The third kappa shape index (κ3) is 1.22. The third-order valence-electron chi connectivity index (χ3n) is 1.65. The fraction of sp³-hybridized carbons (Fsp3) is 0.250. The van der Waals surface area contributed by atoms with E-state index < -0.39 is 0 Å². The average Bonchev–Trinajstić information content (AvgIpc) is 2.58. The number of pyridine rings is 1. The van der Waals surface area contributed by atoms with Gasteiger partial charge in [-0.25, -0.2) is 0 Å². The van der Waals surface area contributed by atoms with Crippen LogP contribution in [0, 0.1) is 0 Å². The standard InChI is InChI=1S/C8H9N3/c1-2-5-9-7(3-1)8-4-6-10-11-8/h1-3,5,10H,4,6H2. The Kier molecular flexibility index (Phi) is 1.55. The molecule has 0 saturated heterocycles. The second-order valence-electron chi connectivity index (χ2n) is 2.43. The second kappa shape index (κ2) is 2.70. The Bertz CT molecular complexity index is 266. The number of aromatic nitrogens is 1. The van der Waals surface area contributed by atoms with Crippen LogP contribution in [0.1, 0.15) is 12.1 Å². The monoisotopic (exact) mass is 147 g/mol. The minimum absolute atomic E-state index is 0.936. The Labute approximate surface area is 65.2 Å². The van der Waals surface area contributed by atoms with Crippen LogP contribution in [0.5, 0.6) is 0 Å². The van der Waals surface area contributed by atoms with E-state index in [9.17, 15) is 0 Å². The molecule has 1 aromatic heterocycles. The molecular weight excluding hydrogens is 138 g/mol. The molecule has 1 aliphatic rings. The molecule has 3 nitrogen and oxygen atoms in total. The van der Waals surface area contributed by atoms with Gasteiger partial charge in [0.2, 0.25) is 0 Å². The SMILES string of the molecule is c1ccc(C2=NNCC2)nc1. The molecule has 11 heavy (non-hydrogen) atoms. The molecule has 0 radical (unpaired) electrons. The first-order valence-electron chi connectivity index (χ1n) is 3.67. The summed E-state index contributed by atoms with van der Waals surface area (Å²) in [7, 11) is 0. The van der Waals surface area contributed by atoms with Crippen molar-refractivity contribution in [3.8, 4) is 0 Å². The number of hydrogen-bond acceptors (Lipinski definition) is 3. The summed E-state index contributed by atoms with van der Waals surface area (Å²) in [6.45, 7) is 0.936. The lowest BCUT2D eigenvalue weighted by Gasteiger charge is -1.94. The lowest BCUT2D eigenvalue weighted by atomic mass is 10.2. The molecule has 2 heterocycles. The summed E-state index contributed by atoms with van der Waals surface area (Å²) in [5.74, 6) is 0. The van der Waals surface area contributed by atoms with E-state index in [4.69, 9.17) is 0 Å². The highest BCUT2D eigenvalue weighted by Gasteiger charge is 2.08. The van der Waals surface area contributed by atoms with E-state index in [1.807, 2.05) is 18.2 Å². The molecule has 2 rings (SSSR count). The van der Waals surface area contributed by atoms with Crippen molar-refractivity contribution in [2.24, 2.45) is 5.10 Å². The van der Waals surface area contributed by atoms with Crippen LogP contribution in [0.3, 0.4) is 0 Å². The predicted octanol–water partition coefficient (Wildman–Crippen LogP) is 0.779. The Morgan fingerprint density at radius 2 is 2.36 bits per heavy atom. The van der Waals surface area contributed by atoms with Gasteiger partial charge in [0, 0.05) is 19.2 Å². The van der Waals surface area contributed by atoms with Gasteiger partial charge in [-0.05, 0) is 12.1 Å². The smallest absolute Gasteiger partial charge is 0.0877 e. The van der Waals surface area contributed by atoms with Crippen LogP contribution in [-0.4, -0.2) is 17.2 Å². The van der Waals surface area contributed by atoms with E-state index in [2.05, 4.69) is 15.5 Å². The Morgan fingerprint density at radius 1 is 1.36 bits per heavy atom. The van der Waals surface area contributed by atoms with Gasteiger partial charge in [-0.3, -0.25) is 4.98 Å². The Hall–Kier alpha value is -1.38. The Balaban J connectivity index is 2.29. The molecule has 0 aromatic carbocycles. The minimum atomic E-state index is 0.936. The summed E-state index contributed by atoms with van der Waals surface area (Å²) < 4.78 is 0. The quantitative estimate of drug-likeness (QED) is 0.637. The van der Waals surface area contributed by atoms with Crippen molar-refractivity contribution < 1.29 is 0 Å². The van der Waals surface area contributed by atoms with E-state index in [-0.39, 0.29) is 0 Å². The zero-order chi connectivity index (χ0) is 7.52. The fourth-order valence-corrected chi connectivity index (χ4v) is 1.10. The molecule has 0 fully saturated rings. The minimum Gasteiger partial charge on any atom is -0.309 e. The van der Waals surface area contributed by atoms with Gasteiger partial charge in [0.15, 0.2) is 0 Å². The van der Waals surface area contributed by atoms with Crippen molar-refractivity contribution in [2.45, 2.75) is 6.42 Å². The summed E-state index contributed by atoms with van der Waals surface area (Å²) in [5, 5.41) is 4.11. The van der Waals surface area contributed by atoms with Crippen LogP contribution in [-0.2, 0) is 0 Å². The second-order valence-corrected chi connectivity index (χ2v) is 2.43. The molecule has 3 heteroatoms. The van der Waals surface area contributed by atoms with Gasteiger partial charge in [-0.2, -0.15) is 5.10 Å². The predicted molar refractivity (Wildman–Crippen MR) is 43.4 cm³/mol. The van der Waals surface area contributed by atoms with E-state index in [0.29, 0.717) is 0 Å². The summed E-state index contributed by atoms with van der Waals surface area (Å²) >= 11 is 0. The van der Waals surface area contributed by atoms with Crippen LogP contribution in [0.2, 0.25) is 0 Å². The first-order chi connectivity index (χ1) is 5.47. The fourth-order valence-electron chi connectivity index (χ4n) is 1.10. The van der Waals surface area contributed by atoms with Crippen molar-refractivity contribution in [1.29, 1.82) is 0 Å². The molecule has 0 saturated carbocycles. The van der Waals surface area contributed by atoms with Gasteiger partial charge in [0.05, 0.1) is 11.4 Å². The Morgan fingerprint density at radius 3 is 3.00 bits per heavy atom. The number of nitrogens with one attached hydrogen (secondary N) is 1. The molecule has 0 spiro atoms. The van der Waals surface area contributed by atoms with Gasteiger partial charge in [-0.1, -0.05) is 6.07 Å². The van der Waals surface area contributed by atoms with Crippen molar-refractivity contribution in [2.75, 3.05) is 6.54 Å². The van der Waals surface area contributed by atoms with Crippen LogP contribution in [0.4, 0.5) is 0 Å². The van der Waals surface area contributed by atoms with Crippen LogP contribution in [0.25, 0.3) is 0 Å². The highest BCUT2D eigenvalue weighted by Crippen LogP contribution is 2.03. The van der Waals surface area contributed by atoms with Crippen LogP contribution >= 0.6 is 0 Å². The van der Waals surface area contributed by atoms with Gasteiger partial charge in [0.25, 0.3) is 0 Å². The maximum absolute atomic E-state index is 4.19. The molecule has 1 aromatic rings. The highest BCUT2D eigenvalue weighted by molar-refractivity contribution is 5.99. The van der Waals surface area contributed by atoms with Gasteiger partial charge < -0.3 is 5.43 Å².